The highest BCUT2D eigenvalue weighted by atomic mass is 35.5. The van der Waals surface area contributed by atoms with Crippen LogP contribution in [0.1, 0.15) is 12.5 Å². The quantitative estimate of drug-likeness (QED) is 0.812. The van der Waals surface area contributed by atoms with Crippen molar-refractivity contribution in [2.75, 3.05) is 6.61 Å². The predicted molar refractivity (Wildman–Crippen MR) is 55.3 cm³/mol. The van der Waals surface area contributed by atoms with Gasteiger partial charge < -0.3 is 10.5 Å². The lowest BCUT2D eigenvalue weighted by molar-refractivity contribution is 0.294. The zero-order valence-electron chi connectivity index (χ0n) is 7.88. The Labute approximate surface area is 83.6 Å². The molecule has 0 aliphatic rings. The first kappa shape index (κ1) is 10.4. The van der Waals surface area contributed by atoms with E-state index in [-0.39, 0.29) is 6.04 Å². The third-order valence-corrected chi connectivity index (χ3v) is 1.89. The van der Waals surface area contributed by atoms with Crippen molar-refractivity contribution >= 4 is 11.6 Å². The van der Waals surface area contributed by atoms with Crippen LogP contribution >= 0.6 is 11.6 Å². The summed E-state index contributed by atoms with van der Waals surface area (Å²) < 4.78 is 5.47. The molecule has 2 N–H and O–H groups in total. The molecule has 13 heavy (non-hydrogen) atoms. The van der Waals surface area contributed by atoms with E-state index in [4.69, 9.17) is 22.1 Å². The molecule has 0 unspecified atom stereocenters. The van der Waals surface area contributed by atoms with Crippen molar-refractivity contribution in [2.45, 2.75) is 19.9 Å². The molecule has 0 saturated heterocycles. The van der Waals surface area contributed by atoms with Crippen molar-refractivity contribution < 1.29 is 4.74 Å². The van der Waals surface area contributed by atoms with Crippen LogP contribution in [0.5, 0.6) is 5.75 Å². The molecule has 1 rings (SSSR count). The lowest BCUT2D eigenvalue weighted by Crippen LogP contribution is -2.23. The Morgan fingerprint density at radius 1 is 1.54 bits per heavy atom. The molecule has 0 heterocycles. The molecule has 0 aliphatic carbocycles. The standard InChI is InChI=1S/C10H14ClNO/c1-7-3-4-9(11)5-10(7)13-6-8(2)12/h3-5,8H,6,12H2,1-2H3/t8-/m0/s1. The maximum absolute atomic E-state index is 5.82. The van der Waals surface area contributed by atoms with Crippen molar-refractivity contribution in [3.05, 3.63) is 28.8 Å². The van der Waals surface area contributed by atoms with Gasteiger partial charge >= 0.3 is 0 Å². The van der Waals surface area contributed by atoms with Gasteiger partial charge in [-0.25, -0.2) is 0 Å². The van der Waals surface area contributed by atoms with Gasteiger partial charge in [-0.3, -0.25) is 0 Å². The maximum Gasteiger partial charge on any atom is 0.123 e. The number of nitrogens with two attached hydrogens (primary N) is 1. The first-order valence-electron chi connectivity index (χ1n) is 4.24. The molecule has 1 atom stereocenters. The van der Waals surface area contributed by atoms with Crippen molar-refractivity contribution in [1.82, 2.24) is 0 Å². The molecular weight excluding hydrogens is 186 g/mol. The Balaban J connectivity index is 2.70. The zero-order chi connectivity index (χ0) is 9.84. The first-order chi connectivity index (χ1) is 6.09. The number of halogens is 1. The summed E-state index contributed by atoms with van der Waals surface area (Å²) in [7, 11) is 0. The van der Waals surface area contributed by atoms with Crippen LogP contribution in [-0.4, -0.2) is 12.6 Å². The number of aryl methyl sites for hydroxylation is 1. The molecule has 2 nitrogen and oxygen atoms in total. The maximum atomic E-state index is 5.82. The van der Waals surface area contributed by atoms with Gasteiger partial charge in [0.15, 0.2) is 0 Å². The summed E-state index contributed by atoms with van der Waals surface area (Å²) in [6.45, 7) is 4.40. The van der Waals surface area contributed by atoms with E-state index in [1.54, 1.807) is 6.07 Å². The highest BCUT2D eigenvalue weighted by Crippen LogP contribution is 2.22. The van der Waals surface area contributed by atoms with Crippen LogP contribution < -0.4 is 10.5 Å². The van der Waals surface area contributed by atoms with Crippen LogP contribution in [0.15, 0.2) is 18.2 Å². The van der Waals surface area contributed by atoms with E-state index < -0.39 is 0 Å². The van der Waals surface area contributed by atoms with Gasteiger partial charge in [-0.2, -0.15) is 0 Å². The molecule has 0 saturated carbocycles. The van der Waals surface area contributed by atoms with Crippen LogP contribution in [0.25, 0.3) is 0 Å². The largest absolute Gasteiger partial charge is 0.492 e. The van der Waals surface area contributed by atoms with Gasteiger partial charge in [-0.05, 0) is 31.5 Å². The summed E-state index contributed by atoms with van der Waals surface area (Å²) in [5.41, 5.74) is 6.64. The van der Waals surface area contributed by atoms with Crippen molar-refractivity contribution in [2.24, 2.45) is 5.73 Å². The minimum absolute atomic E-state index is 0.0402. The Hall–Kier alpha value is -0.730. The minimum Gasteiger partial charge on any atom is -0.492 e. The summed E-state index contributed by atoms with van der Waals surface area (Å²) in [4.78, 5) is 0. The second kappa shape index (κ2) is 4.49. The molecule has 0 amide bonds. The van der Waals surface area contributed by atoms with E-state index in [1.807, 2.05) is 26.0 Å². The molecule has 0 spiro atoms. The number of ether oxygens (including phenoxy) is 1. The fourth-order valence-electron chi connectivity index (χ4n) is 0.951. The van der Waals surface area contributed by atoms with E-state index in [9.17, 15) is 0 Å². The molecule has 1 aromatic rings. The topological polar surface area (TPSA) is 35.2 Å². The second-order valence-electron chi connectivity index (χ2n) is 3.20. The van der Waals surface area contributed by atoms with Gasteiger partial charge in [0.05, 0.1) is 0 Å². The van der Waals surface area contributed by atoms with Crippen LogP contribution in [0.4, 0.5) is 0 Å². The third-order valence-electron chi connectivity index (χ3n) is 1.65. The van der Waals surface area contributed by atoms with Gasteiger partial charge in [0, 0.05) is 11.1 Å². The van der Waals surface area contributed by atoms with Crippen molar-refractivity contribution in [1.29, 1.82) is 0 Å². The fraction of sp³-hybridized carbons (Fsp3) is 0.400. The van der Waals surface area contributed by atoms with E-state index in [0.717, 1.165) is 11.3 Å². The zero-order valence-corrected chi connectivity index (χ0v) is 8.64. The molecular formula is C10H14ClNO. The molecule has 1 aromatic carbocycles. The Morgan fingerprint density at radius 3 is 2.85 bits per heavy atom. The Bertz CT molecular complexity index is 286. The van der Waals surface area contributed by atoms with E-state index >= 15 is 0 Å². The normalized spacial score (nSPS) is 12.6. The van der Waals surface area contributed by atoms with Gasteiger partial charge in [0.25, 0.3) is 0 Å². The average Bonchev–Trinajstić information content (AvgIpc) is 2.06. The van der Waals surface area contributed by atoms with Crippen LogP contribution in [0, 0.1) is 6.92 Å². The number of rotatable bonds is 3. The SMILES string of the molecule is Cc1ccc(Cl)cc1OC[C@H](C)N. The number of hydrogen-bond donors (Lipinski definition) is 1. The molecule has 0 aromatic heterocycles. The van der Waals surface area contributed by atoms with E-state index in [0.29, 0.717) is 11.6 Å². The van der Waals surface area contributed by atoms with Crippen molar-refractivity contribution in [3.8, 4) is 5.75 Å². The van der Waals surface area contributed by atoms with Gasteiger partial charge in [-0.15, -0.1) is 0 Å². The third kappa shape index (κ3) is 3.25. The van der Waals surface area contributed by atoms with Gasteiger partial charge in [-0.1, -0.05) is 17.7 Å². The predicted octanol–water partition coefficient (Wildman–Crippen LogP) is 2.37. The highest BCUT2D eigenvalue weighted by Gasteiger charge is 2.01. The summed E-state index contributed by atoms with van der Waals surface area (Å²) >= 11 is 5.82. The molecule has 0 fully saturated rings. The van der Waals surface area contributed by atoms with Crippen LogP contribution in [0.3, 0.4) is 0 Å². The van der Waals surface area contributed by atoms with Crippen LogP contribution in [-0.2, 0) is 0 Å². The van der Waals surface area contributed by atoms with Crippen molar-refractivity contribution in [3.63, 3.8) is 0 Å². The molecule has 0 radical (unpaired) electrons. The van der Waals surface area contributed by atoms with Gasteiger partial charge in [0.1, 0.15) is 12.4 Å². The molecule has 0 aliphatic heterocycles. The average molecular weight is 200 g/mol. The fourth-order valence-corrected chi connectivity index (χ4v) is 1.11. The smallest absolute Gasteiger partial charge is 0.123 e. The molecule has 3 heteroatoms. The summed E-state index contributed by atoms with van der Waals surface area (Å²) in [6.07, 6.45) is 0. The summed E-state index contributed by atoms with van der Waals surface area (Å²) in [6, 6.07) is 5.62. The molecule has 0 bridgehead atoms. The monoisotopic (exact) mass is 199 g/mol. The lowest BCUT2D eigenvalue weighted by Gasteiger charge is -2.11. The molecule has 72 valence electrons. The summed E-state index contributed by atoms with van der Waals surface area (Å²) in [5, 5.41) is 0.685. The van der Waals surface area contributed by atoms with E-state index in [2.05, 4.69) is 0 Å². The Morgan fingerprint density at radius 2 is 2.23 bits per heavy atom. The first-order valence-corrected chi connectivity index (χ1v) is 4.62. The van der Waals surface area contributed by atoms with E-state index in [1.165, 1.54) is 0 Å². The van der Waals surface area contributed by atoms with Gasteiger partial charge in [0.2, 0.25) is 0 Å². The second-order valence-corrected chi connectivity index (χ2v) is 3.63. The van der Waals surface area contributed by atoms with Crippen LogP contribution in [0.2, 0.25) is 5.02 Å². The highest BCUT2D eigenvalue weighted by molar-refractivity contribution is 6.30. The summed E-state index contributed by atoms with van der Waals surface area (Å²) in [5.74, 6) is 0.810. The Kier molecular flexibility index (Phi) is 3.58. The lowest BCUT2D eigenvalue weighted by atomic mass is 10.2. The minimum atomic E-state index is 0.0402. The number of benzene rings is 1. The number of hydrogen-bond acceptors (Lipinski definition) is 2.